The average Bonchev–Trinajstić information content (AvgIpc) is 2.33. The van der Waals surface area contributed by atoms with Gasteiger partial charge in [0.1, 0.15) is 0 Å². The molecule has 1 aliphatic rings. The zero-order valence-electron chi connectivity index (χ0n) is 10.7. The lowest BCUT2D eigenvalue weighted by molar-refractivity contribution is 0.244. The van der Waals surface area contributed by atoms with Crippen LogP contribution in [0, 0.1) is 13.8 Å². The van der Waals surface area contributed by atoms with Crippen LogP contribution in [0.5, 0.6) is 0 Å². The van der Waals surface area contributed by atoms with Gasteiger partial charge >= 0.3 is 0 Å². The summed E-state index contributed by atoms with van der Waals surface area (Å²) in [6, 6.07) is 4.54. The van der Waals surface area contributed by atoms with Gasteiger partial charge < -0.3 is 10.2 Å². The van der Waals surface area contributed by atoms with Gasteiger partial charge in [-0.3, -0.25) is 0 Å². The van der Waals surface area contributed by atoms with E-state index in [4.69, 9.17) is 0 Å². The Hall–Kier alpha value is -0.380. The van der Waals surface area contributed by atoms with Gasteiger partial charge in [0.25, 0.3) is 0 Å². The number of benzene rings is 1. The molecule has 1 N–H and O–H groups in total. The third kappa shape index (κ3) is 3.54. The zero-order chi connectivity index (χ0) is 12.3. The van der Waals surface area contributed by atoms with E-state index in [1.54, 1.807) is 0 Å². The predicted molar refractivity (Wildman–Crippen MR) is 76.6 cm³/mol. The molecule has 0 saturated carbocycles. The van der Waals surface area contributed by atoms with Crippen molar-refractivity contribution in [3.05, 3.63) is 33.3 Å². The van der Waals surface area contributed by atoms with Crippen molar-refractivity contribution in [3.8, 4) is 0 Å². The predicted octanol–water partition coefficient (Wildman–Crippen LogP) is 2.51. The van der Waals surface area contributed by atoms with Gasteiger partial charge in [0.05, 0.1) is 0 Å². The number of hydrogen-bond acceptors (Lipinski definition) is 2. The van der Waals surface area contributed by atoms with Crippen LogP contribution >= 0.6 is 15.9 Å². The van der Waals surface area contributed by atoms with E-state index in [0.717, 1.165) is 19.5 Å². The van der Waals surface area contributed by atoms with Crippen LogP contribution in [-0.2, 0) is 6.42 Å². The lowest BCUT2D eigenvalue weighted by Crippen LogP contribution is -2.44. The molecule has 3 heteroatoms. The van der Waals surface area contributed by atoms with Crippen molar-refractivity contribution >= 4 is 15.9 Å². The minimum absolute atomic E-state index is 1.13. The molecule has 1 aromatic carbocycles. The van der Waals surface area contributed by atoms with Gasteiger partial charge in [-0.05, 0) is 31.4 Å². The summed E-state index contributed by atoms with van der Waals surface area (Å²) >= 11 is 3.71. The highest BCUT2D eigenvalue weighted by Crippen LogP contribution is 2.23. The summed E-state index contributed by atoms with van der Waals surface area (Å²) in [5, 5.41) is 3.39. The van der Waals surface area contributed by atoms with Crippen molar-refractivity contribution in [2.75, 3.05) is 32.7 Å². The van der Waals surface area contributed by atoms with Gasteiger partial charge in [-0.1, -0.05) is 33.6 Å². The summed E-state index contributed by atoms with van der Waals surface area (Å²) in [5.74, 6) is 0. The molecule has 0 radical (unpaired) electrons. The normalized spacial score (nSPS) is 17.4. The molecular formula is C14H21BrN2. The van der Waals surface area contributed by atoms with E-state index in [1.165, 1.54) is 40.8 Å². The fourth-order valence-corrected chi connectivity index (χ4v) is 2.86. The summed E-state index contributed by atoms with van der Waals surface area (Å²) in [4.78, 5) is 2.54. The van der Waals surface area contributed by atoms with E-state index in [-0.39, 0.29) is 0 Å². The van der Waals surface area contributed by atoms with Crippen LogP contribution in [-0.4, -0.2) is 37.6 Å². The summed E-state index contributed by atoms with van der Waals surface area (Å²) in [6.07, 6.45) is 1.14. The molecule has 0 unspecified atom stereocenters. The molecule has 0 atom stereocenters. The fourth-order valence-electron chi connectivity index (χ4n) is 2.43. The third-order valence-electron chi connectivity index (χ3n) is 3.38. The van der Waals surface area contributed by atoms with Crippen molar-refractivity contribution in [3.63, 3.8) is 0 Å². The van der Waals surface area contributed by atoms with Crippen LogP contribution in [0.4, 0.5) is 0 Å². The van der Waals surface area contributed by atoms with Gasteiger partial charge in [0.15, 0.2) is 0 Å². The second-order valence-electron chi connectivity index (χ2n) is 4.90. The summed E-state index contributed by atoms with van der Waals surface area (Å²) in [7, 11) is 0. The van der Waals surface area contributed by atoms with E-state index in [1.807, 2.05) is 0 Å². The Morgan fingerprint density at radius 3 is 2.65 bits per heavy atom. The second kappa shape index (κ2) is 5.98. The number of hydrogen-bond donors (Lipinski definition) is 1. The van der Waals surface area contributed by atoms with Crippen molar-refractivity contribution in [1.82, 2.24) is 10.2 Å². The van der Waals surface area contributed by atoms with Crippen LogP contribution in [0.15, 0.2) is 16.6 Å². The Kier molecular flexibility index (Phi) is 4.60. The Morgan fingerprint density at radius 1 is 1.24 bits per heavy atom. The van der Waals surface area contributed by atoms with Crippen LogP contribution in [0.1, 0.15) is 16.7 Å². The molecular weight excluding hydrogens is 276 g/mol. The van der Waals surface area contributed by atoms with Crippen molar-refractivity contribution in [2.24, 2.45) is 0 Å². The molecule has 1 aromatic rings. The zero-order valence-corrected chi connectivity index (χ0v) is 12.3. The number of nitrogens with zero attached hydrogens (tertiary/aromatic N) is 1. The largest absolute Gasteiger partial charge is 0.314 e. The minimum Gasteiger partial charge on any atom is -0.314 e. The first-order valence-electron chi connectivity index (χ1n) is 6.35. The first kappa shape index (κ1) is 13.1. The van der Waals surface area contributed by atoms with Crippen molar-refractivity contribution in [1.29, 1.82) is 0 Å². The van der Waals surface area contributed by atoms with Crippen molar-refractivity contribution < 1.29 is 0 Å². The Bertz CT molecular complexity index is 384. The quantitative estimate of drug-likeness (QED) is 0.922. The van der Waals surface area contributed by atoms with Gasteiger partial charge in [-0.15, -0.1) is 0 Å². The summed E-state index contributed by atoms with van der Waals surface area (Å²) < 4.78 is 1.29. The van der Waals surface area contributed by atoms with Crippen LogP contribution < -0.4 is 5.32 Å². The molecule has 1 fully saturated rings. The number of rotatable bonds is 3. The lowest BCUT2D eigenvalue weighted by Gasteiger charge is -2.27. The summed E-state index contributed by atoms with van der Waals surface area (Å²) in [6.45, 7) is 10.1. The van der Waals surface area contributed by atoms with Crippen LogP contribution in [0.2, 0.25) is 0 Å². The fraction of sp³-hybridized carbons (Fsp3) is 0.571. The molecule has 0 spiro atoms. The Balaban J connectivity index is 1.98. The first-order chi connectivity index (χ1) is 8.16. The number of nitrogens with one attached hydrogen (secondary N) is 1. The van der Waals surface area contributed by atoms with Gasteiger partial charge in [-0.2, -0.15) is 0 Å². The van der Waals surface area contributed by atoms with Gasteiger partial charge in [-0.25, -0.2) is 0 Å². The maximum Gasteiger partial charge on any atom is 0.0237 e. The molecule has 17 heavy (non-hydrogen) atoms. The smallest absolute Gasteiger partial charge is 0.0237 e. The first-order valence-corrected chi connectivity index (χ1v) is 7.15. The van der Waals surface area contributed by atoms with E-state index in [9.17, 15) is 0 Å². The molecule has 94 valence electrons. The third-order valence-corrected chi connectivity index (χ3v) is 4.52. The maximum absolute atomic E-state index is 3.71. The standard InChI is InChI=1S/C14H21BrN2/c1-11-9-12(2)14(15)13(10-11)3-6-17-7-4-16-5-8-17/h9-10,16H,3-8H2,1-2H3. The number of aryl methyl sites for hydroxylation is 2. The van der Waals surface area contributed by atoms with Gasteiger partial charge in [0.2, 0.25) is 0 Å². The van der Waals surface area contributed by atoms with E-state index >= 15 is 0 Å². The summed E-state index contributed by atoms with van der Waals surface area (Å²) in [5.41, 5.74) is 4.15. The van der Waals surface area contributed by atoms with Gasteiger partial charge in [0, 0.05) is 37.2 Å². The topological polar surface area (TPSA) is 15.3 Å². The highest BCUT2D eigenvalue weighted by atomic mass is 79.9. The molecule has 0 aromatic heterocycles. The maximum atomic E-state index is 3.71. The highest BCUT2D eigenvalue weighted by molar-refractivity contribution is 9.10. The molecule has 1 aliphatic heterocycles. The van der Waals surface area contributed by atoms with Crippen LogP contribution in [0.25, 0.3) is 0 Å². The average molecular weight is 297 g/mol. The van der Waals surface area contributed by atoms with Crippen molar-refractivity contribution in [2.45, 2.75) is 20.3 Å². The Labute approximate surface area is 113 Å². The molecule has 2 rings (SSSR count). The molecule has 0 aliphatic carbocycles. The lowest BCUT2D eigenvalue weighted by atomic mass is 10.0. The Morgan fingerprint density at radius 2 is 1.94 bits per heavy atom. The SMILES string of the molecule is Cc1cc(C)c(Br)c(CCN2CCNCC2)c1. The molecule has 2 nitrogen and oxygen atoms in total. The minimum atomic E-state index is 1.13. The van der Waals surface area contributed by atoms with E-state index < -0.39 is 0 Å². The molecule has 1 heterocycles. The van der Waals surface area contributed by atoms with E-state index in [0.29, 0.717) is 0 Å². The van der Waals surface area contributed by atoms with Crippen LogP contribution in [0.3, 0.4) is 0 Å². The molecule has 1 saturated heterocycles. The van der Waals surface area contributed by atoms with E-state index in [2.05, 4.69) is 52.1 Å². The second-order valence-corrected chi connectivity index (χ2v) is 5.69. The molecule has 0 amide bonds. The monoisotopic (exact) mass is 296 g/mol. The molecule has 0 bridgehead atoms. The number of halogens is 1. The number of piperazine rings is 1. The highest BCUT2D eigenvalue weighted by Gasteiger charge is 2.10.